The zero-order valence-electron chi connectivity index (χ0n) is 4.83. The number of amides is 1. The molecule has 0 radical (unpaired) electrons. The Balaban J connectivity index is 4.00. The molecule has 0 aliphatic rings. The molecule has 5 heteroatoms. The van der Waals surface area contributed by atoms with Crippen LogP contribution < -0.4 is 5.73 Å². The summed E-state index contributed by atoms with van der Waals surface area (Å²) in [5.74, 6) is -3.28. The summed E-state index contributed by atoms with van der Waals surface area (Å²) in [5, 5.41) is 8.66. The van der Waals surface area contributed by atoms with Gasteiger partial charge < -0.3 is 15.6 Å². The van der Waals surface area contributed by atoms with E-state index in [0.29, 0.717) is 0 Å². The van der Waals surface area contributed by atoms with Crippen LogP contribution in [0.3, 0.4) is 0 Å². The van der Waals surface area contributed by atoms with Crippen molar-refractivity contribution in [3.05, 3.63) is 0 Å². The van der Waals surface area contributed by atoms with Gasteiger partial charge in [0, 0.05) is 6.92 Å². The second kappa shape index (κ2) is 2.45. The summed E-state index contributed by atoms with van der Waals surface area (Å²) in [6, 6.07) is 0. The first-order valence-corrected chi connectivity index (χ1v) is 2.14. The van der Waals surface area contributed by atoms with Crippen LogP contribution in [0.4, 0.5) is 0 Å². The Labute approximate surface area is 51.4 Å². The monoisotopic (exact) mass is 133 g/mol. The Hall–Kier alpha value is -1.10. The fourth-order valence-electron chi connectivity index (χ4n) is 0.152. The van der Waals surface area contributed by atoms with E-state index in [2.05, 4.69) is 10.5 Å². The number of carbonyl (C=O) groups excluding carboxylic acids is 2. The highest BCUT2D eigenvalue weighted by Crippen LogP contribution is 2.00. The van der Waals surface area contributed by atoms with Crippen molar-refractivity contribution in [2.45, 2.75) is 12.7 Å². The molecule has 1 unspecified atom stereocenters. The maximum absolute atomic E-state index is 10.1. The molecular weight excluding hydrogens is 126 g/mol. The van der Waals surface area contributed by atoms with Gasteiger partial charge in [-0.25, -0.2) is 0 Å². The molecular formula is C4H7NO4. The number of primary amides is 1. The van der Waals surface area contributed by atoms with Gasteiger partial charge in [0.1, 0.15) is 0 Å². The van der Waals surface area contributed by atoms with Gasteiger partial charge in [-0.15, -0.1) is 0 Å². The van der Waals surface area contributed by atoms with Crippen LogP contribution in [0.2, 0.25) is 0 Å². The molecule has 1 amide bonds. The average molecular weight is 133 g/mol. The molecule has 0 aromatic carbocycles. The van der Waals surface area contributed by atoms with Crippen molar-refractivity contribution >= 4 is 12.4 Å². The fourth-order valence-corrected chi connectivity index (χ4v) is 0.152. The lowest BCUT2D eigenvalue weighted by Gasteiger charge is -2.15. The van der Waals surface area contributed by atoms with E-state index in [1.165, 1.54) is 0 Å². The largest absolute Gasteiger partial charge is 0.426 e. The third-order valence-corrected chi connectivity index (χ3v) is 0.735. The van der Waals surface area contributed by atoms with Crippen LogP contribution in [0.25, 0.3) is 0 Å². The third-order valence-electron chi connectivity index (χ3n) is 0.735. The maximum atomic E-state index is 10.1. The number of carbonyl (C=O) groups is 2. The predicted octanol–water partition coefficient (Wildman–Crippen LogP) is -1.65. The molecule has 0 heterocycles. The molecule has 52 valence electrons. The van der Waals surface area contributed by atoms with Crippen LogP contribution in [0.5, 0.6) is 0 Å². The molecule has 0 rings (SSSR count). The Morgan fingerprint density at radius 2 is 2.33 bits per heavy atom. The van der Waals surface area contributed by atoms with E-state index >= 15 is 0 Å². The summed E-state index contributed by atoms with van der Waals surface area (Å²) in [6.07, 6.45) is 0. The highest BCUT2D eigenvalue weighted by Gasteiger charge is 2.28. The molecule has 0 aromatic rings. The van der Waals surface area contributed by atoms with Crippen molar-refractivity contribution in [3.8, 4) is 0 Å². The first-order chi connectivity index (χ1) is 4.00. The summed E-state index contributed by atoms with van der Waals surface area (Å²) in [4.78, 5) is 19.6. The first kappa shape index (κ1) is 7.90. The molecule has 9 heavy (non-hydrogen) atoms. The van der Waals surface area contributed by atoms with Gasteiger partial charge in [-0.2, -0.15) is 0 Å². The lowest BCUT2D eigenvalue weighted by atomic mass is 10.3. The maximum Gasteiger partial charge on any atom is 0.296 e. The predicted molar refractivity (Wildman–Crippen MR) is 27.0 cm³/mol. The van der Waals surface area contributed by atoms with Gasteiger partial charge >= 0.3 is 0 Å². The molecule has 0 saturated carbocycles. The van der Waals surface area contributed by atoms with E-state index in [-0.39, 0.29) is 6.47 Å². The van der Waals surface area contributed by atoms with Crippen molar-refractivity contribution < 1.29 is 19.4 Å². The molecule has 0 fully saturated rings. The summed E-state index contributed by atoms with van der Waals surface area (Å²) in [5.41, 5.74) is 4.58. The third kappa shape index (κ3) is 2.09. The van der Waals surface area contributed by atoms with Crippen LogP contribution in [0, 0.1) is 0 Å². The number of aliphatic hydroxyl groups is 1. The molecule has 0 bridgehead atoms. The first-order valence-electron chi connectivity index (χ1n) is 2.14. The van der Waals surface area contributed by atoms with Gasteiger partial charge in [0.05, 0.1) is 0 Å². The van der Waals surface area contributed by atoms with E-state index in [1.54, 1.807) is 0 Å². The molecule has 5 nitrogen and oxygen atoms in total. The quantitative estimate of drug-likeness (QED) is 0.356. The Morgan fingerprint density at radius 1 is 1.89 bits per heavy atom. The van der Waals surface area contributed by atoms with Gasteiger partial charge in [0.15, 0.2) is 0 Å². The fraction of sp³-hybridized carbons (Fsp3) is 0.500. The normalized spacial score (nSPS) is 15.8. The molecule has 0 saturated heterocycles. The Kier molecular flexibility index (Phi) is 2.15. The van der Waals surface area contributed by atoms with Crippen LogP contribution in [0.1, 0.15) is 6.92 Å². The molecule has 0 aliphatic heterocycles. The molecule has 0 spiro atoms. The van der Waals surface area contributed by atoms with E-state index in [4.69, 9.17) is 5.11 Å². The lowest BCUT2D eigenvalue weighted by molar-refractivity contribution is -0.193. The Bertz CT molecular complexity index is 131. The van der Waals surface area contributed by atoms with Gasteiger partial charge in [-0.05, 0) is 0 Å². The van der Waals surface area contributed by atoms with Gasteiger partial charge in [0.2, 0.25) is 0 Å². The van der Waals surface area contributed by atoms with E-state index in [0.717, 1.165) is 6.92 Å². The second-order valence-corrected chi connectivity index (χ2v) is 1.56. The van der Waals surface area contributed by atoms with Crippen molar-refractivity contribution in [1.82, 2.24) is 0 Å². The van der Waals surface area contributed by atoms with Crippen LogP contribution in [-0.2, 0) is 14.3 Å². The molecule has 3 N–H and O–H groups in total. The Morgan fingerprint density at radius 3 is 2.44 bits per heavy atom. The lowest BCUT2D eigenvalue weighted by Crippen LogP contribution is -2.43. The minimum Gasteiger partial charge on any atom is -0.426 e. The van der Waals surface area contributed by atoms with Crippen LogP contribution in [-0.4, -0.2) is 23.3 Å². The topological polar surface area (TPSA) is 89.6 Å². The van der Waals surface area contributed by atoms with Crippen molar-refractivity contribution in [3.63, 3.8) is 0 Å². The standard InChI is InChI=1S/C4H7NO4/c1-4(8,3(5)7)9-2-6/h2,8H,1H3,(H2,5,7). The number of hydrogen-bond donors (Lipinski definition) is 2. The van der Waals surface area contributed by atoms with Crippen molar-refractivity contribution in [2.24, 2.45) is 5.73 Å². The van der Waals surface area contributed by atoms with E-state index in [1.807, 2.05) is 0 Å². The summed E-state index contributed by atoms with van der Waals surface area (Å²) < 4.78 is 3.89. The SMILES string of the molecule is CC(O)(OC=O)C(N)=O. The zero-order chi connectivity index (χ0) is 7.49. The minimum absolute atomic E-state index is 0.0508. The highest BCUT2D eigenvalue weighted by molar-refractivity contribution is 5.81. The van der Waals surface area contributed by atoms with Gasteiger partial charge in [-0.3, -0.25) is 9.59 Å². The minimum atomic E-state index is -2.18. The molecule has 0 aromatic heterocycles. The van der Waals surface area contributed by atoms with Gasteiger partial charge in [0.25, 0.3) is 18.2 Å². The van der Waals surface area contributed by atoms with E-state index in [9.17, 15) is 9.59 Å². The summed E-state index contributed by atoms with van der Waals surface area (Å²) >= 11 is 0. The molecule has 1 atom stereocenters. The van der Waals surface area contributed by atoms with Crippen molar-refractivity contribution in [2.75, 3.05) is 0 Å². The smallest absolute Gasteiger partial charge is 0.296 e. The summed E-state index contributed by atoms with van der Waals surface area (Å²) in [7, 11) is 0. The molecule has 0 aliphatic carbocycles. The average Bonchev–Trinajstić information content (AvgIpc) is 1.65. The second-order valence-electron chi connectivity index (χ2n) is 1.56. The van der Waals surface area contributed by atoms with Crippen molar-refractivity contribution in [1.29, 1.82) is 0 Å². The van der Waals surface area contributed by atoms with Crippen LogP contribution >= 0.6 is 0 Å². The number of hydrogen-bond acceptors (Lipinski definition) is 4. The zero-order valence-corrected chi connectivity index (χ0v) is 4.83. The number of nitrogens with two attached hydrogens (primary N) is 1. The number of ether oxygens (including phenoxy) is 1. The van der Waals surface area contributed by atoms with Crippen LogP contribution in [0.15, 0.2) is 0 Å². The highest BCUT2D eigenvalue weighted by atomic mass is 16.6. The number of rotatable bonds is 3. The van der Waals surface area contributed by atoms with Gasteiger partial charge in [-0.1, -0.05) is 0 Å². The summed E-state index contributed by atoms with van der Waals surface area (Å²) in [6.45, 7) is 0.925. The van der Waals surface area contributed by atoms with E-state index < -0.39 is 11.7 Å².